The second-order valence-corrected chi connectivity index (χ2v) is 5.62. The number of urea groups is 1. The van der Waals surface area contributed by atoms with E-state index in [1.165, 1.54) is 4.90 Å². The summed E-state index contributed by atoms with van der Waals surface area (Å²) in [6.07, 6.45) is 0. The van der Waals surface area contributed by atoms with Crippen LogP contribution in [0.3, 0.4) is 0 Å². The van der Waals surface area contributed by atoms with E-state index in [4.69, 9.17) is 4.74 Å². The predicted molar refractivity (Wildman–Crippen MR) is 74.1 cm³/mol. The molecule has 2 amide bonds. The van der Waals surface area contributed by atoms with E-state index in [0.717, 1.165) is 43.5 Å². The standard InChI is InChI=1S/C12H20N4O2S/c1-15(2)12(17)13-7-11-14-10(9-19-11)8-16-3-5-18-6-4-16/h9H,3-8H2,1-2H3,(H,13,17). The molecule has 2 heterocycles. The molecule has 1 aliphatic heterocycles. The average Bonchev–Trinajstić information content (AvgIpc) is 2.84. The van der Waals surface area contributed by atoms with Crippen molar-refractivity contribution in [1.29, 1.82) is 0 Å². The van der Waals surface area contributed by atoms with Crippen LogP contribution in [0, 0.1) is 0 Å². The summed E-state index contributed by atoms with van der Waals surface area (Å²) in [6.45, 7) is 4.88. The first kappa shape index (κ1) is 14.2. The average molecular weight is 284 g/mol. The largest absolute Gasteiger partial charge is 0.379 e. The Balaban J connectivity index is 1.79. The van der Waals surface area contributed by atoms with Gasteiger partial charge in [0.1, 0.15) is 5.01 Å². The van der Waals surface area contributed by atoms with Crippen LogP contribution in [0.15, 0.2) is 5.38 Å². The predicted octanol–water partition coefficient (Wildman–Crippen LogP) is 0.746. The number of amides is 2. The zero-order valence-corrected chi connectivity index (χ0v) is 12.2. The normalized spacial score (nSPS) is 16.3. The van der Waals surface area contributed by atoms with E-state index in [0.29, 0.717) is 6.54 Å². The lowest BCUT2D eigenvalue weighted by Crippen LogP contribution is -2.35. The van der Waals surface area contributed by atoms with Gasteiger partial charge in [0.25, 0.3) is 0 Å². The van der Waals surface area contributed by atoms with Crippen molar-refractivity contribution in [3.05, 3.63) is 16.1 Å². The molecule has 0 spiro atoms. The maximum Gasteiger partial charge on any atom is 0.317 e. The van der Waals surface area contributed by atoms with Crippen molar-refractivity contribution >= 4 is 17.4 Å². The van der Waals surface area contributed by atoms with Crippen molar-refractivity contribution in [2.45, 2.75) is 13.1 Å². The van der Waals surface area contributed by atoms with Gasteiger partial charge < -0.3 is 15.0 Å². The highest BCUT2D eigenvalue weighted by Crippen LogP contribution is 2.12. The Morgan fingerprint density at radius 2 is 2.26 bits per heavy atom. The summed E-state index contributed by atoms with van der Waals surface area (Å²) in [4.78, 5) is 19.8. The van der Waals surface area contributed by atoms with Gasteiger partial charge in [0.05, 0.1) is 25.5 Å². The molecule has 19 heavy (non-hydrogen) atoms. The van der Waals surface area contributed by atoms with E-state index < -0.39 is 0 Å². The van der Waals surface area contributed by atoms with Crippen LogP contribution >= 0.6 is 11.3 Å². The van der Waals surface area contributed by atoms with Crippen LogP contribution in [0.25, 0.3) is 0 Å². The third-order valence-corrected chi connectivity index (χ3v) is 3.78. The zero-order valence-electron chi connectivity index (χ0n) is 11.4. The van der Waals surface area contributed by atoms with E-state index in [9.17, 15) is 4.79 Å². The van der Waals surface area contributed by atoms with E-state index >= 15 is 0 Å². The molecule has 1 aromatic rings. The molecule has 2 rings (SSSR count). The smallest absolute Gasteiger partial charge is 0.317 e. The Morgan fingerprint density at radius 1 is 1.53 bits per heavy atom. The van der Waals surface area contributed by atoms with Crippen molar-refractivity contribution in [2.24, 2.45) is 0 Å². The van der Waals surface area contributed by atoms with Crippen LogP contribution in [0.4, 0.5) is 4.79 Å². The first-order chi connectivity index (χ1) is 9.15. The molecule has 106 valence electrons. The fourth-order valence-corrected chi connectivity index (χ4v) is 2.53. The van der Waals surface area contributed by atoms with Gasteiger partial charge in [-0.05, 0) is 0 Å². The topological polar surface area (TPSA) is 57.7 Å². The summed E-state index contributed by atoms with van der Waals surface area (Å²) >= 11 is 1.59. The van der Waals surface area contributed by atoms with Crippen LogP contribution in [-0.2, 0) is 17.8 Å². The molecular weight excluding hydrogens is 264 g/mol. The van der Waals surface area contributed by atoms with Crippen LogP contribution in [0.5, 0.6) is 0 Å². The van der Waals surface area contributed by atoms with Gasteiger partial charge in [-0.1, -0.05) is 0 Å². The number of nitrogens with one attached hydrogen (secondary N) is 1. The van der Waals surface area contributed by atoms with Gasteiger partial charge in [-0.2, -0.15) is 0 Å². The number of aromatic nitrogens is 1. The summed E-state index contributed by atoms with van der Waals surface area (Å²) in [6, 6.07) is -0.0927. The van der Waals surface area contributed by atoms with Crippen LogP contribution in [0.2, 0.25) is 0 Å². The molecule has 7 heteroatoms. The fraction of sp³-hybridized carbons (Fsp3) is 0.667. The number of carbonyl (C=O) groups is 1. The molecule has 0 aromatic carbocycles. The molecule has 0 atom stereocenters. The number of carbonyl (C=O) groups excluding carboxylic acids is 1. The third kappa shape index (κ3) is 4.45. The molecule has 0 unspecified atom stereocenters. The molecule has 1 N–H and O–H groups in total. The highest BCUT2D eigenvalue weighted by atomic mass is 32.1. The maximum atomic E-state index is 11.4. The summed E-state index contributed by atoms with van der Waals surface area (Å²) in [7, 11) is 3.45. The highest BCUT2D eigenvalue weighted by molar-refractivity contribution is 7.09. The van der Waals surface area contributed by atoms with Crippen molar-refractivity contribution < 1.29 is 9.53 Å². The summed E-state index contributed by atoms with van der Waals surface area (Å²) in [5.41, 5.74) is 1.07. The van der Waals surface area contributed by atoms with E-state index in [1.807, 2.05) is 0 Å². The minimum Gasteiger partial charge on any atom is -0.379 e. The van der Waals surface area contributed by atoms with E-state index in [1.54, 1.807) is 25.4 Å². The van der Waals surface area contributed by atoms with Gasteiger partial charge in [0, 0.05) is 39.1 Å². The zero-order chi connectivity index (χ0) is 13.7. The Kier molecular flexibility index (Phi) is 5.12. The number of morpholine rings is 1. The number of ether oxygens (including phenoxy) is 1. The van der Waals surface area contributed by atoms with Gasteiger partial charge in [-0.15, -0.1) is 11.3 Å². The molecule has 1 fully saturated rings. The summed E-state index contributed by atoms with van der Waals surface area (Å²) < 4.78 is 5.32. The molecule has 0 radical (unpaired) electrons. The quantitative estimate of drug-likeness (QED) is 0.886. The Labute approximate surface area is 117 Å². The molecular formula is C12H20N4O2S. The first-order valence-electron chi connectivity index (χ1n) is 6.33. The molecule has 0 bridgehead atoms. The highest BCUT2D eigenvalue weighted by Gasteiger charge is 2.13. The minimum atomic E-state index is -0.0927. The molecule has 1 aromatic heterocycles. The number of hydrogen-bond acceptors (Lipinski definition) is 5. The first-order valence-corrected chi connectivity index (χ1v) is 7.21. The molecule has 1 saturated heterocycles. The SMILES string of the molecule is CN(C)C(=O)NCc1nc(CN2CCOCC2)cs1. The fourth-order valence-electron chi connectivity index (χ4n) is 1.80. The summed E-state index contributed by atoms with van der Waals surface area (Å²) in [5.74, 6) is 0. The van der Waals surface area contributed by atoms with E-state index in [2.05, 4.69) is 20.6 Å². The Bertz CT molecular complexity index is 416. The van der Waals surface area contributed by atoms with Gasteiger partial charge in [-0.3, -0.25) is 4.90 Å². The second kappa shape index (κ2) is 6.83. The lowest BCUT2D eigenvalue weighted by molar-refractivity contribution is 0.0337. The lowest BCUT2D eigenvalue weighted by atomic mass is 10.3. The summed E-state index contributed by atoms with van der Waals surface area (Å²) in [5, 5.41) is 5.82. The van der Waals surface area contributed by atoms with Crippen LogP contribution < -0.4 is 5.32 Å². The molecule has 1 aliphatic rings. The van der Waals surface area contributed by atoms with Crippen molar-refractivity contribution in [3.63, 3.8) is 0 Å². The molecule has 6 nitrogen and oxygen atoms in total. The number of thiazole rings is 1. The third-order valence-electron chi connectivity index (χ3n) is 2.89. The lowest BCUT2D eigenvalue weighted by Gasteiger charge is -2.25. The number of nitrogens with zero attached hydrogens (tertiary/aromatic N) is 3. The van der Waals surface area contributed by atoms with Crippen LogP contribution in [-0.4, -0.2) is 61.2 Å². The van der Waals surface area contributed by atoms with Crippen molar-refractivity contribution in [3.8, 4) is 0 Å². The molecule has 0 saturated carbocycles. The van der Waals surface area contributed by atoms with E-state index in [-0.39, 0.29) is 6.03 Å². The van der Waals surface area contributed by atoms with Gasteiger partial charge in [0.15, 0.2) is 0 Å². The second-order valence-electron chi connectivity index (χ2n) is 4.67. The number of rotatable bonds is 4. The van der Waals surface area contributed by atoms with Crippen molar-refractivity contribution in [2.75, 3.05) is 40.4 Å². The number of hydrogen-bond donors (Lipinski definition) is 1. The van der Waals surface area contributed by atoms with Gasteiger partial charge >= 0.3 is 6.03 Å². The van der Waals surface area contributed by atoms with Gasteiger partial charge in [0.2, 0.25) is 0 Å². The van der Waals surface area contributed by atoms with Gasteiger partial charge in [-0.25, -0.2) is 9.78 Å². The Hall–Kier alpha value is -1.18. The maximum absolute atomic E-state index is 11.4. The molecule has 0 aliphatic carbocycles. The monoisotopic (exact) mass is 284 g/mol. The van der Waals surface area contributed by atoms with Crippen LogP contribution in [0.1, 0.15) is 10.7 Å². The Morgan fingerprint density at radius 3 is 2.95 bits per heavy atom. The minimum absolute atomic E-state index is 0.0927. The van der Waals surface area contributed by atoms with Crippen molar-refractivity contribution in [1.82, 2.24) is 20.1 Å².